The molecule has 2 amide bonds. The fraction of sp³-hybridized carbons (Fsp3) is 0.536. The summed E-state index contributed by atoms with van der Waals surface area (Å²) < 4.78 is 4.52. The van der Waals surface area contributed by atoms with E-state index < -0.39 is 34.6 Å². The van der Waals surface area contributed by atoms with Gasteiger partial charge in [-0.1, -0.05) is 62.8 Å². The Morgan fingerprint density at radius 2 is 1.89 bits per heavy atom. The number of aliphatic hydroxyl groups excluding tert-OH is 1. The number of ether oxygens (including phenoxy) is 1. The second kappa shape index (κ2) is 9.38. The molecule has 1 aromatic carbocycles. The number of likely N-dealkylation sites (tertiary alicyclic amines) is 1. The lowest BCUT2D eigenvalue weighted by molar-refractivity contribution is -0.152. The molecule has 8 heteroatoms. The van der Waals surface area contributed by atoms with Crippen molar-refractivity contribution in [1.82, 2.24) is 4.90 Å². The van der Waals surface area contributed by atoms with Crippen LogP contribution in [-0.4, -0.2) is 69.6 Å². The zero-order valence-electron chi connectivity index (χ0n) is 21.2. The molecule has 0 aliphatic carbocycles. The molecule has 1 N–H and O–H groups in total. The largest absolute Gasteiger partial charge is 0.461 e. The molecule has 1 aromatic rings. The second-order valence-electron chi connectivity index (χ2n) is 10.4. The van der Waals surface area contributed by atoms with Crippen LogP contribution in [0.2, 0.25) is 0 Å². The number of thioether (sulfide) groups is 1. The SMILES string of the molecule is CC[C@H](C)[C@H](CO)N1C(=O)[C@@H]2[C@H]3C(=O)OCC=C[C@H]3S[C@@]23C=CCN(c2c(C)cccc2C)C(=O)C13. The number of esters is 1. The van der Waals surface area contributed by atoms with Gasteiger partial charge in [0.05, 0.1) is 29.2 Å². The number of benzene rings is 1. The highest BCUT2D eigenvalue weighted by Gasteiger charge is 2.72. The van der Waals surface area contributed by atoms with Gasteiger partial charge in [-0.2, -0.15) is 0 Å². The van der Waals surface area contributed by atoms with Crippen LogP contribution < -0.4 is 4.90 Å². The van der Waals surface area contributed by atoms with Crippen LogP contribution >= 0.6 is 11.8 Å². The van der Waals surface area contributed by atoms with Crippen LogP contribution in [0.1, 0.15) is 31.4 Å². The number of carbonyl (C=O) groups is 3. The van der Waals surface area contributed by atoms with Gasteiger partial charge in [0.1, 0.15) is 12.6 Å². The monoisotopic (exact) mass is 510 g/mol. The van der Waals surface area contributed by atoms with Crippen molar-refractivity contribution in [3.63, 3.8) is 0 Å². The number of hydrogen-bond donors (Lipinski definition) is 1. The molecular formula is C28H34N2O5S. The summed E-state index contributed by atoms with van der Waals surface area (Å²) in [5.74, 6) is -2.23. The minimum Gasteiger partial charge on any atom is -0.461 e. The van der Waals surface area contributed by atoms with Crippen molar-refractivity contribution in [1.29, 1.82) is 0 Å². The summed E-state index contributed by atoms with van der Waals surface area (Å²) in [7, 11) is 0. The van der Waals surface area contributed by atoms with Gasteiger partial charge in [0.25, 0.3) is 5.91 Å². The van der Waals surface area contributed by atoms with E-state index >= 15 is 0 Å². The lowest BCUT2D eigenvalue weighted by Gasteiger charge is -2.40. The first-order valence-corrected chi connectivity index (χ1v) is 13.6. The number of para-hydroxylation sites is 1. The maximum absolute atomic E-state index is 14.6. The van der Waals surface area contributed by atoms with Gasteiger partial charge in [-0.05, 0) is 30.9 Å². The standard InChI is InChI=1S/C28H34N2O5S/c1-5-16(2)19(15-31)30-24-26(33)29(23-17(3)9-6-10-18(23)4)13-8-12-28(24)22(25(30)32)21-20(36-28)11-7-14-35-27(21)34/h6-12,16,19-22,24,31H,5,13-15H2,1-4H3/t16-,19-,20+,21-,22-,24?,28-/m0/s1. The van der Waals surface area contributed by atoms with Crippen LogP contribution in [0.3, 0.4) is 0 Å². The predicted octanol–water partition coefficient (Wildman–Crippen LogP) is 3.02. The molecule has 7 nitrogen and oxygen atoms in total. The maximum Gasteiger partial charge on any atom is 0.311 e. The molecule has 0 radical (unpaired) electrons. The van der Waals surface area contributed by atoms with Crippen LogP contribution in [0.5, 0.6) is 0 Å². The topological polar surface area (TPSA) is 87.2 Å². The lowest BCUT2D eigenvalue weighted by Crippen LogP contribution is -2.58. The van der Waals surface area contributed by atoms with Crippen LogP contribution in [0, 0.1) is 31.6 Å². The van der Waals surface area contributed by atoms with Gasteiger partial charge in [-0.25, -0.2) is 0 Å². The quantitative estimate of drug-likeness (QED) is 0.484. The number of amides is 2. The van der Waals surface area contributed by atoms with Crippen molar-refractivity contribution >= 4 is 35.2 Å². The first-order chi connectivity index (χ1) is 17.3. The van der Waals surface area contributed by atoms with E-state index in [4.69, 9.17) is 4.74 Å². The van der Waals surface area contributed by atoms with Gasteiger partial charge >= 0.3 is 5.97 Å². The Balaban J connectivity index is 1.69. The number of rotatable bonds is 5. The molecule has 2 fully saturated rings. The minimum atomic E-state index is -0.920. The van der Waals surface area contributed by atoms with Gasteiger partial charge in [0, 0.05) is 17.5 Å². The van der Waals surface area contributed by atoms with E-state index in [0.717, 1.165) is 23.2 Å². The molecule has 0 aromatic heterocycles. The van der Waals surface area contributed by atoms with Crippen LogP contribution in [0.25, 0.3) is 0 Å². The molecule has 2 saturated heterocycles. The summed E-state index contributed by atoms with van der Waals surface area (Å²) in [4.78, 5) is 45.4. The Kier molecular flexibility index (Phi) is 6.53. The van der Waals surface area contributed by atoms with E-state index in [9.17, 15) is 19.5 Å². The zero-order valence-corrected chi connectivity index (χ0v) is 22.0. The average Bonchev–Trinajstić information content (AvgIpc) is 3.15. The van der Waals surface area contributed by atoms with Crippen LogP contribution in [0.4, 0.5) is 5.69 Å². The Morgan fingerprint density at radius 1 is 1.17 bits per heavy atom. The smallest absolute Gasteiger partial charge is 0.311 e. The van der Waals surface area contributed by atoms with E-state index in [2.05, 4.69) is 0 Å². The highest BCUT2D eigenvalue weighted by atomic mass is 32.2. The van der Waals surface area contributed by atoms with E-state index in [1.165, 1.54) is 11.8 Å². The van der Waals surface area contributed by atoms with Gasteiger partial charge in [-0.15, -0.1) is 11.8 Å². The molecule has 4 heterocycles. The molecule has 4 aliphatic heterocycles. The van der Waals surface area contributed by atoms with Gasteiger partial charge in [-0.3, -0.25) is 14.4 Å². The summed E-state index contributed by atoms with van der Waals surface area (Å²) in [6, 6.07) is 4.58. The number of cyclic esters (lactones) is 1. The first kappa shape index (κ1) is 25.1. The molecule has 1 unspecified atom stereocenters. The Morgan fingerprint density at radius 3 is 2.56 bits per heavy atom. The van der Waals surface area contributed by atoms with Gasteiger partial charge in [0.2, 0.25) is 5.91 Å². The number of aryl methyl sites for hydroxylation is 2. The van der Waals surface area contributed by atoms with Crippen molar-refractivity contribution in [2.24, 2.45) is 17.8 Å². The van der Waals surface area contributed by atoms with Crippen LogP contribution in [-0.2, 0) is 19.1 Å². The molecule has 0 bridgehead atoms. The summed E-state index contributed by atoms with van der Waals surface area (Å²) in [6.07, 6.45) is 8.49. The van der Waals surface area contributed by atoms with Crippen molar-refractivity contribution < 1.29 is 24.2 Å². The third-order valence-corrected chi connectivity index (χ3v) is 10.2. The van der Waals surface area contributed by atoms with Crippen LogP contribution in [0.15, 0.2) is 42.5 Å². The number of aliphatic hydroxyl groups is 1. The molecule has 36 heavy (non-hydrogen) atoms. The van der Waals surface area contributed by atoms with Crippen molar-refractivity contribution in [3.8, 4) is 0 Å². The zero-order chi connectivity index (χ0) is 25.8. The minimum absolute atomic E-state index is 0.0229. The highest BCUT2D eigenvalue weighted by Crippen LogP contribution is 2.61. The highest BCUT2D eigenvalue weighted by molar-refractivity contribution is 8.02. The summed E-state index contributed by atoms with van der Waals surface area (Å²) in [5, 5.41) is 10.2. The lowest BCUT2D eigenvalue weighted by atomic mass is 9.78. The number of hydrogen-bond acceptors (Lipinski definition) is 6. The maximum atomic E-state index is 14.6. The molecule has 0 saturated carbocycles. The van der Waals surface area contributed by atoms with Crippen molar-refractivity contribution in [2.45, 2.75) is 56.2 Å². The average molecular weight is 511 g/mol. The van der Waals surface area contributed by atoms with Crippen molar-refractivity contribution in [2.75, 3.05) is 24.7 Å². The fourth-order valence-corrected chi connectivity index (χ4v) is 8.50. The summed E-state index contributed by atoms with van der Waals surface area (Å²) in [5.41, 5.74) is 2.81. The molecule has 5 rings (SSSR count). The Hall–Kier alpha value is -2.58. The predicted molar refractivity (Wildman–Crippen MR) is 140 cm³/mol. The first-order valence-electron chi connectivity index (χ1n) is 12.8. The van der Waals surface area contributed by atoms with E-state index in [-0.39, 0.29) is 36.2 Å². The number of anilines is 1. The third kappa shape index (κ3) is 3.56. The van der Waals surface area contributed by atoms with Gasteiger partial charge in [0.15, 0.2) is 0 Å². The number of nitrogens with zero attached hydrogens (tertiary/aromatic N) is 2. The molecular weight excluding hydrogens is 476 g/mol. The normalized spacial score (nSPS) is 33.0. The number of carbonyl (C=O) groups excluding carboxylic acids is 3. The third-order valence-electron chi connectivity index (χ3n) is 8.41. The Bertz CT molecular complexity index is 1130. The van der Waals surface area contributed by atoms with Crippen molar-refractivity contribution in [3.05, 3.63) is 53.6 Å². The summed E-state index contributed by atoms with van der Waals surface area (Å²) >= 11 is 1.52. The number of fused-ring (bicyclic) bond motifs is 2. The van der Waals surface area contributed by atoms with Gasteiger partial charge < -0.3 is 19.6 Å². The summed E-state index contributed by atoms with van der Waals surface area (Å²) in [6.45, 7) is 8.30. The molecule has 4 aliphatic rings. The van der Waals surface area contributed by atoms with E-state index in [1.807, 2.05) is 70.2 Å². The fourth-order valence-electron chi connectivity index (χ4n) is 6.51. The van der Waals surface area contributed by atoms with E-state index in [0.29, 0.717) is 6.54 Å². The molecule has 192 valence electrons. The molecule has 1 spiro atoms. The molecule has 7 atom stereocenters. The Labute approximate surface area is 216 Å². The second-order valence-corrected chi connectivity index (χ2v) is 11.9. The van der Waals surface area contributed by atoms with E-state index in [1.54, 1.807) is 9.80 Å².